The molecule has 144 valence electrons. The summed E-state index contributed by atoms with van der Waals surface area (Å²) in [5, 5.41) is 8.69. The minimum absolute atomic E-state index is 0.00278. The van der Waals surface area contributed by atoms with Crippen LogP contribution in [0.4, 0.5) is 0 Å². The zero-order valence-corrected chi connectivity index (χ0v) is 16.0. The zero-order chi connectivity index (χ0) is 18.6. The number of rotatable bonds is 6. The van der Waals surface area contributed by atoms with E-state index in [0.29, 0.717) is 31.2 Å². The predicted octanol–water partition coefficient (Wildman–Crippen LogP) is 1.28. The Balaban J connectivity index is 1.49. The number of nitrogens with one attached hydrogen (secondary N) is 2. The van der Waals surface area contributed by atoms with Crippen molar-refractivity contribution in [1.82, 2.24) is 33.6 Å². The molecule has 3 aromatic rings. The van der Waals surface area contributed by atoms with Crippen LogP contribution < -0.4 is 4.72 Å². The maximum atomic E-state index is 12.7. The van der Waals surface area contributed by atoms with Crippen LogP contribution in [-0.4, -0.2) is 56.9 Å². The van der Waals surface area contributed by atoms with Crippen LogP contribution >= 0.6 is 0 Å². The number of nitrogens with zero attached hydrogens (tertiary/aromatic N) is 5. The van der Waals surface area contributed by atoms with Crippen LogP contribution in [0.2, 0.25) is 0 Å². The first kappa shape index (κ1) is 17.1. The van der Waals surface area contributed by atoms with E-state index in [1.807, 2.05) is 16.7 Å². The second kappa shape index (κ2) is 6.25. The number of hydrogen-bond donors (Lipinski definition) is 2. The third kappa shape index (κ3) is 2.91. The summed E-state index contributed by atoms with van der Waals surface area (Å²) >= 11 is 0. The molecule has 5 rings (SSSR count). The lowest BCUT2D eigenvalue weighted by Crippen LogP contribution is -2.40. The highest BCUT2D eigenvalue weighted by Crippen LogP contribution is 2.36. The van der Waals surface area contributed by atoms with Crippen LogP contribution in [0.25, 0.3) is 16.8 Å². The van der Waals surface area contributed by atoms with Gasteiger partial charge in [0.05, 0.1) is 11.7 Å². The van der Waals surface area contributed by atoms with Gasteiger partial charge in [-0.3, -0.25) is 4.40 Å². The first-order valence-electron chi connectivity index (χ1n) is 9.48. The lowest BCUT2D eigenvalue weighted by molar-refractivity contribution is 0.441. The van der Waals surface area contributed by atoms with E-state index < -0.39 is 10.2 Å². The van der Waals surface area contributed by atoms with Gasteiger partial charge in [-0.1, -0.05) is 13.3 Å². The Hall–Kier alpha value is -2.04. The normalized spacial score (nSPS) is 24.3. The standard InChI is InChI=1S/C17H23N7O2S/c1-2-12-9-23(27(25,26)20-7-11-3-4-11)10-13(12)17-22-21-15-8-19-16-14(24(15)17)5-6-18-16/h5-6,8,11-13,18,20H,2-4,7,9-10H2,1H3. The third-order valence-electron chi connectivity index (χ3n) is 5.82. The number of H-pyrrole nitrogens is 1. The van der Waals surface area contributed by atoms with E-state index in [0.717, 1.165) is 36.3 Å². The van der Waals surface area contributed by atoms with Crippen LogP contribution in [0.3, 0.4) is 0 Å². The molecule has 2 aliphatic rings. The van der Waals surface area contributed by atoms with Crippen molar-refractivity contribution in [2.75, 3.05) is 19.6 Å². The van der Waals surface area contributed by atoms with Gasteiger partial charge in [-0.15, -0.1) is 10.2 Å². The van der Waals surface area contributed by atoms with Crippen LogP contribution in [0.1, 0.15) is 37.9 Å². The summed E-state index contributed by atoms with van der Waals surface area (Å²) in [5.74, 6) is 1.53. The lowest BCUT2D eigenvalue weighted by atomic mass is 9.93. The summed E-state index contributed by atoms with van der Waals surface area (Å²) in [4.78, 5) is 7.46. The molecule has 1 saturated carbocycles. The molecular weight excluding hydrogens is 366 g/mol. The van der Waals surface area contributed by atoms with E-state index in [4.69, 9.17) is 0 Å². The molecule has 1 aliphatic carbocycles. The van der Waals surface area contributed by atoms with Crippen molar-refractivity contribution in [1.29, 1.82) is 0 Å². The molecule has 2 N–H and O–H groups in total. The molecule has 0 amide bonds. The fourth-order valence-corrected chi connectivity index (χ4v) is 5.38. The molecule has 4 heterocycles. The summed E-state index contributed by atoms with van der Waals surface area (Å²) < 4.78 is 31.8. The van der Waals surface area contributed by atoms with Gasteiger partial charge in [0.1, 0.15) is 5.82 Å². The molecule has 2 fully saturated rings. The number of fused-ring (bicyclic) bond motifs is 3. The molecule has 2 unspecified atom stereocenters. The summed E-state index contributed by atoms with van der Waals surface area (Å²) in [7, 11) is -3.46. The highest BCUT2D eigenvalue weighted by molar-refractivity contribution is 7.87. The Morgan fingerprint density at radius 2 is 2.15 bits per heavy atom. The van der Waals surface area contributed by atoms with Gasteiger partial charge >= 0.3 is 0 Å². The quantitative estimate of drug-likeness (QED) is 0.660. The van der Waals surface area contributed by atoms with Crippen LogP contribution in [0, 0.1) is 11.8 Å². The molecule has 1 aliphatic heterocycles. The molecule has 1 saturated heterocycles. The minimum Gasteiger partial charge on any atom is -0.345 e. The summed E-state index contributed by atoms with van der Waals surface area (Å²) in [5.41, 5.74) is 2.36. The maximum absolute atomic E-state index is 12.7. The minimum atomic E-state index is -3.46. The molecule has 0 bridgehead atoms. The van der Waals surface area contributed by atoms with Gasteiger partial charge in [0, 0.05) is 31.7 Å². The third-order valence-corrected chi connectivity index (χ3v) is 7.33. The van der Waals surface area contributed by atoms with Crippen molar-refractivity contribution in [3.8, 4) is 0 Å². The van der Waals surface area contributed by atoms with Gasteiger partial charge in [0.15, 0.2) is 11.3 Å². The molecule has 10 heteroatoms. The van der Waals surface area contributed by atoms with Crippen molar-refractivity contribution in [3.05, 3.63) is 24.3 Å². The average Bonchev–Trinajstić information content (AvgIpc) is 3.06. The van der Waals surface area contributed by atoms with Crippen molar-refractivity contribution in [2.45, 2.75) is 32.1 Å². The number of aromatic amines is 1. The van der Waals surface area contributed by atoms with E-state index in [1.165, 1.54) is 0 Å². The number of hydrogen-bond acceptors (Lipinski definition) is 5. The Morgan fingerprint density at radius 3 is 2.93 bits per heavy atom. The van der Waals surface area contributed by atoms with E-state index in [1.54, 1.807) is 10.5 Å². The first-order chi connectivity index (χ1) is 13.1. The highest BCUT2D eigenvalue weighted by Gasteiger charge is 2.41. The molecule has 27 heavy (non-hydrogen) atoms. The Morgan fingerprint density at radius 1 is 1.30 bits per heavy atom. The Kier molecular flexibility index (Phi) is 3.95. The van der Waals surface area contributed by atoms with E-state index in [2.05, 4.69) is 31.8 Å². The van der Waals surface area contributed by atoms with E-state index in [-0.39, 0.29) is 11.8 Å². The SMILES string of the molecule is CCC1CN(S(=O)(=O)NCC2CC2)CC1c1nnc2cnc3[nH]ccc3n12. The molecule has 0 radical (unpaired) electrons. The topological polar surface area (TPSA) is 108 Å². The molecule has 9 nitrogen and oxygen atoms in total. The maximum Gasteiger partial charge on any atom is 0.279 e. The Labute approximate surface area is 157 Å². The zero-order valence-electron chi connectivity index (χ0n) is 15.2. The van der Waals surface area contributed by atoms with E-state index >= 15 is 0 Å². The van der Waals surface area contributed by atoms with Crippen LogP contribution in [0.5, 0.6) is 0 Å². The summed E-state index contributed by atoms with van der Waals surface area (Å²) in [6.45, 7) is 3.58. The second-order valence-corrected chi connectivity index (χ2v) is 9.37. The summed E-state index contributed by atoms with van der Waals surface area (Å²) in [6, 6.07) is 1.95. The van der Waals surface area contributed by atoms with Crippen molar-refractivity contribution in [3.63, 3.8) is 0 Å². The van der Waals surface area contributed by atoms with Crippen molar-refractivity contribution in [2.24, 2.45) is 11.8 Å². The molecule has 3 aromatic heterocycles. The van der Waals surface area contributed by atoms with Crippen molar-refractivity contribution >= 4 is 27.0 Å². The van der Waals surface area contributed by atoms with E-state index in [9.17, 15) is 8.42 Å². The van der Waals surface area contributed by atoms with Gasteiger partial charge in [0.25, 0.3) is 10.2 Å². The molecule has 0 spiro atoms. The summed E-state index contributed by atoms with van der Waals surface area (Å²) in [6.07, 6.45) is 6.66. The Bertz CT molecular complexity index is 1090. The van der Waals surface area contributed by atoms with Crippen LogP contribution in [-0.2, 0) is 10.2 Å². The molecular formula is C17H23N7O2S. The van der Waals surface area contributed by atoms with Gasteiger partial charge in [0.2, 0.25) is 0 Å². The first-order valence-corrected chi connectivity index (χ1v) is 10.9. The average molecular weight is 389 g/mol. The van der Waals surface area contributed by atoms with Gasteiger partial charge < -0.3 is 4.98 Å². The van der Waals surface area contributed by atoms with Gasteiger partial charge in [-0.25, -0.2) is 9.71 Å². The fraction of sp³-hybridized carbons (Fsp3) is 0.588. The lowest BCUT2D eigenvalue weighted by Gasteiger charge is -2.16. The smallest absolute Gasteiger partial charge is 0.279 e. The molecule has 0 aromatic carbocycles. The van der Waals surface area contributed by atoms with Crippen molar-refractivity contribution < 1.29 is 8.42 Å². The largest absolute Gasteiger partial charge is 0.345 e. The predicted molar refractivity (Wildman–Crippen MR) is 100 cm³/mol. The highest BCUT2D eigenvalue weighted by atomic mass is 32.2. The van der Waals surface area contributed by atoms with Gasteiger partial charge in [-0.05, 0) is 30.7 Å². The monoisotopic (exact) mass is 389 g/mol. The molecule has 2 atom stereocenters. The van der Waals surface area contributed by atoms with Gasteiger partial charge in [-0.2, -0.15) is 12.7 Å². The fourth-order valence-electron chi connectivity index (χ4n) is 4.01. The van der Waals surface area contributed by atoms with Crippen LogP contribution in [0.15, 0.2) is 18.5 Å². The number of aromatic nitrogens is 5. The second-order valence-electron chi connectivity index (χ2n) is 7.61.